The fourth-order valence-corrected chi connectivity index (χ4v) is 11.9. The molecule has 0 aromatic carbocycles. The standard InChI is InChI=1S/C88H155NO8/c1-6-8-10-12-14-16-18-20-22-24-26-28-30-32-34-36-38-39-40-41-42-43-44-45-46-47-49-50-52-54-56-58-60-62-64-66-68-70-72-74-76-78-85(90)95-82-84(83-96-88(87(92)93)94-81-80-89(3,4)5)97-86(91)79-77-75-73-71-69-67-65-63-61-59-57-55-53-51-48-37-35-33-31-29-27-25-23-21-19-17-15-13-11-9-7-2/h8-11,14-17,20-23,26-29,33,35,84,88H,6-7,12-13,18-19,24-25,30-32,34,36-83H2,1-5H3/p+1/b10-8-,11-9-,16-14-,17-15-,22-20-,23-21-,28-26-,29-27-,35-33-. The van der Waals surface area contributed by atoms with Gasteiger partial charge in [-0.15, -0.1) is 0 Å². The van der Waals surface area contributed by atoms with Gasteiger partial charge in [0.05, 0.1) is 34.4 Å². The lowest BCUT2D eigenvalue weighted by molar-refractivity contribution is -0.870. The van der Waals surface area contributed by atoms with Crippen molar-refractivity contribution < 1.29 is 42.9 Å². The van der Waals surface area contributed by atoms with E-state index in [1.54, 1.807) is 0 Å². The number of ether oxygens (including phenoxy) is 4. The lowest BCUT2D eigenvalue weighted by Gasteiger charge is -2.25. The number of carboxylic acids is 1. The van der Waals surface area contributed by atoms with E-state index >= 15 is 0 Å². The predicted octanol–water partition coefficient (Wildman–Crippen LogP) is 26.5. The Balaban J connectivity index is 3.95. The van der Waals surface area contributed by atoms with Crippen molar-refractivity contribution in [3.63, 3.8) is 0 Å². The Bertz CT molecular complexity index is 1970. The van der Waals surface area contributed by atoms with Gasteiger partial charge >= 0.3 is 17.9 Å². The molecule has 0 aromatic rings. The summed E-state index contributed by atoms with van der Waals surface area (Å²) in [4.78, 5) is 37.8. The summed E-state index contributed by atoms with van der Waals surface area (Å²) in [5, 5.41) is 9.78. The molecule has 0 saturated carbocycles. The summed E-state index contributed by atoms with van der Waals surface area (Å²) in [7, 11) is 5.99. The predicted molar refractivity (Wildman–Crippen MR) is 419 cm³/mol. The number of esters is 2. The van der Waals surface area contributed by atoms with Crippen LogP contribution >= 0.6 is 0 Å². The van der Waals surface area contributed by atoms with Crippen molar-refractivity contribution in [3.05, 3.63) is 109 Å². The molecule has 1 N–H and O–H groups in total. The fourth-order valence-electron chi connectivity index (χ4n) is 11.9. The fraction of sp³-hybridized carbons (Fsp3) is 0.761. The number of quaternary nitrogens is 1. The summed E-state index contributed by atoms with van der Waals surface area (Å²) in [6.45, 7) is 4.70. The van der Waals surface area contributed by atoms with Crippen LogP contribution in [0.5, 0.6) is 0 Å². The Kier molecular flexibility index (Phi) is 74.4. The van der Waals surface area contributed by atoms with Gasteiger partial charge in [0.25, 0.3) is 6.29 Å². The lowest BCUT2D eigenvalue weighted by atomic mass is 10.0. The topological polar surface area (TPSA) is 108 Å². The first kappa shape index (κ1) is 93.0. The number of carbonyl (C=O) groups is 3. The minimum absolute atomic E-state index is 0.181. The van der Waals surface area contributed by atoms with Crippen molar-refractivity contribution in [1.29, 1.82) is 0 Å². The summed E-state index contributed by atoms with van der Waals surface area (Å²) < 4.78 is 23.1. The van der Waals surface area contributed by atoms with Crippen LogP contribution in [0.3, 0.4) is 0 Å². The van der Waals surface area contributed by atoms with Gasteiger partial charge in [-0.1, -0.05) is 374 Å². The number of unbranched alkanes of at least 4 members (excludes halogenated alkanes) is 43. The van der Waals surface area contributed by atoms with Crippen LogP contribution in [0.25, 0.3) is 0 Å². The maximum absolute atomic E-state index is 13.0. The van der Waals surface area contributed by atoms with Crippen LogP contribution in [-0.4, -0.2) is 87.4 Å². The second kappa shape index (κ2) is 77.7. The number of hydrogen-bond donors (Lipinski definition) is 1. The highest BCUT2D eigenvalue weighted by molar-refractivity contribution is 5.71. The first-order chi connectivity index (χ1) is 47.6. The maximum Gasteiger partial charge on any atom is 0.361 e. The molecule has 0 fully saturated rings. The largest absolute Gasteiger partial charge is 0.477 e. The van der Waals surface area contributed by atoms with Crippen LogP contribution in [0.1, 0.15) is 373 Å². The van der Waals surface area contributed by atoms with Gasteiger partial charge < -0.3 is 28.5 Å². The molecule has 0 amide bonds. The van der Waals surface area contributed by atoms with E-state index in [-0.39, 0.29) is 32.2 Å². The van der Waals surface area contributed by atoms with E-state index in [1.807, 2.05) is 21.1 Å². The van der Waals surface area contributed by atoms with Gasteiger partial charge in [-0.05, 0) is 96.3 Å². The van der Waals surface area contributed by atoms with Crippen LogP contribution in [0.2, 0.25) is 0 Å². The van der Waals surface area contributed by atoms with Crippen molar-refractivity contribution in [2.24, 2.45) is 0 Å². The number of carbonyl (C=O) groups excluding carboxylic acids is 2. The molecule has 2 atom stereocenters. The third-order valence-corrected chi connectivity index (χ3v) is 18.0. The average molecular weight is 1360 g/mol. The molecule has 97 heavy (non-hydrogen) atoms. The van der Waals surface area contributed by atoms with Crippen molar-refractivity contribution in [1.82, 2.24) is 0 Å². The van der Waals surface area contributed by atoms with Gasteiger partial charge in [0.1, 0.15) is 13.2 Å². The minimum atomic E-state index is -1.51. The van der Waals surface area contributed by atoms with Crippen molar-refractivity contribution in [2.75, 3.05) is 47.5 Å². The Morgan fingerprint density at radius 2 is 0.557 bits per heavy atom. The molecule has 560 valence electrons. The zero-order valence-electron chi connectivity index (χ0n) is 64.2. The Hall–Kier alpha value is -4.05. The molecule has 0 bridgehead atoms. The molecule has 0 rings (SSSR count). The van der Waals surface area contributed by atoms with E-state index in [0.29, 0.717) is 17.4 Å². The molecule has 2 unspecified atom stereocenters. The van der Waals surface area contributed by atoms with Gasteiger partial charge in [0.15, 0.2) is 6.10 Å². The van der Waals surface area contributed by atoms with E-state index < -0.39 is 24.3 Å². The smallest absolute Gasteiger partial charge is 0.361 e. The number of rotatable bonds is 76. The average Bonchev–Trinajstić information content (AvgIpc) is 2.39. The number of aliphatic carboxylic acids is 1. The van der Waals surface area contributed by atoms with Gasteiger partial charge in [-0.3, -0.25) is 9.59 Å². The first-order valence-electron chi connectivity index (χ1n) is 41.1. The van der Waals surface area contributed by atoms with Crippen LogP contribution < -0.4 is 0 Å². The normalized spacial score (nSPS) is 13.2. The molecule has 0 saturated heterocycles. The summed E-state index contributed by atoms with van der Waals surface area (Å²) in [6, 6.07) is 0. The molecule has 9 nitrogen and oxygen atoms in total. The SMILES string of the molecule is CC/C=C\C/C=C\C/C=C\C/C=C\C/C=C\CCCCCCCCCCCCCCCCCC(=O)OC(COC(=O)CCCCCCCCCCCCCCCCCCCCCCCCCCCCCC/C=C\C/C=C\C/C=C\C/C=C\CC)COC(OCC[N+](C)(C)C)C(=O)O. The van der Waals surface area contributed by atoms with Crippen LogP contribution in [-0.2, 0) is 33.3 Å². The first-order valence-corrected chi connectivity index (χ1v) is 41.1. The molecule has 9 heteroatoms. The van der Waals surface area contributed by atoms with Crippen molar-refractivity contribution in [2.45, 2.75) is 386 Å². The molecule has 0 heterocycles. The van der Waals surface area contributed by atoms with Gasteiger partial charge in [0, 0.05) is 12.8 Å². The molecular weight excluding hydrogens is 1200 g/mol. The monoisotopic (exact) mass is 1360 g/mol. The van der Waals surface area contributed by atoms with Gasteiger partial charge in [-0.25, -0.2) is 4.79 Å². The quantitative estimate of drug-likeness (QED) is 0.0211. The Morgan fingerprint density at radius 1 is 0.309 bits per heavy atom. The highest BCUT2D eigenvalue weighted by atomic mass is 16.7. The van der Waals surface area contributed by atoms with Gasteiger partial charge in [-0.2, -0.15) is 0 Å². The van der Waals surface area contributed by atoms with Crippen LogP contribution in [0.4, 0.5) is 0 Å². The second-order valence-corrected chi connectivity index (χ2v) is 28.7. The number of likely N-dealkylation sites (N-methyl/N-ethyl adjacent to an activating group) is 1. The highest BCUT2D eigenvalue weighted by Crippen LogP contribution is 2.19. The zero-order valence-corrected chi connectivity index (χ0v) is 64.2. The summed E-state index contributed by atoms with van der Waals surface area (Å²) >= 11 is 0. The number of hydrogen-bond acceptors (Lipinski definition) is 7. The highest BCUT2D eigenvalue weighted by Gasteiger charge is 2.25. The zero-order chi connectivity index (χ0) is 70.4. The lowest BCUT2D eigenvalue weighted by Crippen LogP contribution is -2.40. The third kappa shape index (κ3) is 79.2. The summed E-state index contributed by atoms with van der Waals surface area (Å²) in [5.74, 6) is -1.98. The number of allylic oxidation sites excluding steroid dienone is 18. The van der Waals surface area contributed by atoms with E-state index in [9.17, 15) is 19.5 Å². The van der Waals surface area contributed by atoms with E-state index in [1.165, 1.54) is 250 Å². The summed E-state index contributed by atoms with van der Waals surface area (Å²) in [5.41, 5.74) is 0. The van der Waals surface area contributed by atoms with Crippen LogP contribution in [0, 0.1) is 0 Å². The summed E-state index contributed by atoms with van der Waals surface area (Å²) in [6.07, 6.45) is 107. The Morgan fingerprint density at radius 3 is 0.825 bits per heavy atom. The van der Waals surface area contributed by atoms with E-state index in [2.05, 4.69) is 123 Å². The second-order valence-electron chi connectivity index (χ2n) is 28.7. The molecule has 0 aromatic heterocycles. The van der Waals surface area contributed by atoms with Gasteiger partial charge in [0.2, 0.25) is 0 Å². The molecule has 0 aliphatic heterocycles. The minimum Gasteiger partial charge on any atom is -0.477 e. The Labute approximate surface area is 600 Å². The molecular formula is C88H156NO8+. The number of carboxylic acid groups (broad SMARTS) is 1. The number of nitrogens with zero attached hydrogens (tertiary/aromatic N) is 1. The molecule has 0 radical (unpaired) electrons. The molecule has 0 aliphatic rings. The maximum atomic E-state index is 13.0. The third-order valence-electron chi connectivity index (χ3n) is 18.0. The van der Waals surface area contributed by atoms with Crippen LogP contribution in [0.15, 0.2) is 109 Å². The molecule has 0 aliphatic carbocycles. The van der Waals surface area contributed by atoms with E-state index in [4.69, 9.17) is 18.9 Å². The molecule has 0 spiro atoms. The van der Waals surface area contributed by atoms with E-state index in [0.717, 1.165) is 96.3 Å². The van der Waals surface area contributed by atoms with Crippen molar-refractivity contribution >= 4 is 17.9 Å². The van der Waals surface area contributed by atoms with Crippen molar-refractivity contribution in [3.8, 4) is 0 Å².